The number of carbonyl (C=O) groups excluding carboxylic acids is 1. The first-order valence-electron chi connectivity index (χ1n) is 10.5. The Balaban J connectivity index is 2.30. The van der Waals surface area contributed by atoms with Gasteiger partial charge in [-0.25, -0.2) is 0 Å². The molecule has 3 aromatic rings. The van der Waals surface area contributed by atoms with Gasteiger partial charge in [0, 0.05) is 17.7 Å². The van der Waals surface area contributed by atoms with Gasteiger partial charge in [-0.2, -0.15) is 0 Å². The Morgan fingerprint density at radius 3 is 1.68 bits per heavy atom. The van der Waals surface area contributed by atoms with E-state index in [4.69, 9.17) is 9.47 Å². The van der Waals surface area contributed by atoms with Crippen LogP contribution in [0.4, 0.5) is 0 Å². The zero-order valence-electron chi connectivity index (χ0n) is 19.0. The lowest BCUT2D eigenvalue weighted by Gasteiger charge is -2.38. The summed E-state index contributed by atoms with van der Waals surface area (Å²) in [6.45, 7) is 2.15. The van der Waals surface area contributed by atoms with E-state index in [0.717, 1.165) is 11.1 Å². The molecule has 0 aliphatic heterocycles. The van der Waals surface area contributed by atoms with Crippen molar-refractivity contribution in [3.8, 4) is 11.5 Å². The molecule has 3 aromatic carbocycles. The number of ketones is 1. The van der Waals surface area contributed by atoms with Gasteiger partial charge < -0.3 is 14.4 Å². The highest BCUT2D eigenvalue weighted by Gasteiger charge is 2.43. The average Bonchev–Trinajstić information content (AvgIpc) is 2.82. The van der Waals surface area contributed by atoms with Crippen molar-refractivity contribution in [3.63, 3.8) is 0 Å². The van der Waals surface area contributed by atoms with Crippen molar-refractivity contribution in [1.82, 2.24) is 4.90 Å². The molecule has 0 fully saturated rings. The first kappa shape index (κ1) is 22.6. The molecule has 31 heavy (non-hydrogen) atoms. The number of benzene rings is 3. The number of nitrogens with zero attached hydrogens (tertiary/aromatic N) is 1. The van der Waals surface area contributed by atoms with Gasteiger partial charge in [0.25, 0.3) is 0 Å². The van der Waals surface area contributed by atoms with Crippen LogP contribution in [0.15, 0.2) is 78.9 Å². The lowest BCUT2D eigenvalue weighted by atomic mass is 9.66. The summed E-state index contributed by atoms with van der Waals surface area (Å²) in [5.41, 5.74) is 1.65. The van der Waals surface area contributed by atoms with Gasteiger partial charge in [0.2, 0.25) is 0 Å². The maximum atomic E-state index is 14.4. The van der Waals surface area contributed by atoms with Crippen molar-refractivity contribution in [3.05, 3.63) is 95.6 Å². The first-order valence-corrected chi connectivity index (χ1v) is 10.5. The van der Waals surface area contributed by atoms with Gasteiger partial charge in [0.15, 0.2) is 5.78 Å². The summed E-state index contributed by atoms with van der Waals surface area (Å²) >= 11 is 0. The third-order valence-electron chi connectivity index (χ3n) is 6.02. The molecule has 1 atom stereocenters. The molecule has 0 amide bonds. The van der Waals surface area contributed by atoms with Crippen LogP contribution >= 0.6 is 0 Å². The van der Waals surface area contributed by atoms with Gasteiger partial charge in [-0.3, -0.25) is 4.79 Å². The molecule has 0 aliphatic rings. The van der Waals surface area contributed by atoms with E-state index in [1.165, 1.54) is 0 Å². The predicted octanol–water partition coefficient (Wildman–Crippen LogP) is 5.21. The number of hydrogen-bond acceptors (Lipinski definition) is 4. The second kappa shape index (κ2) is 9.80. The number of methoxy groups -OCH3 is 2. The largest absolute Gasteiger partial charge is 0.497 e. The molecule has 0 spiro atoms. The SMILES string of the molecule is COc1cc(OC)cc(C(=O)C(C[C@H](C)N(C)C)(c2ccccc2)c2ccccc2)c1. The Bertz CT molecular complexity index is 938. The third kappa shape index (κ3) is 4.64. The van der Waals surface area contributed by atoms with Gasteiger partial charge in [-0.15, -0.1) is 0 Å². The smallest absolute Gasteiger partial charge is 0.178 e. The van der Waals surface area contributed by atoms with E-state index in [9.17, 15) is 4.79 Å². The Morgan fingerprint density at radius 1 is 0.839 bits per heavy atom. The maximum absolute atomic E-state index is 14.4. The number of ether oxygens (including phenoxy) is 2. The molecule has 162 valence electrons. The fraction of sp³-hybridized carbons (Fsp3) is 0.296. The van der Waals surface area contributed by atoms with Crippen LogP contribution in [0.3, 0.4) is 0 Å². The minimum absolute atomic E-state index is 0.0239. The third-order valence-corrected chi connectivity index (χ3v) is 6.02. The molecule has 0 bridgehead atoms. The van der Waals surface area contributed by atoms with Gasteiger partial charge in [-0.05, 0) is 50.7 Å². The summed E-state index contributed by atoms with van der Waals surface area (Å²) in [6, 6.07) is 25.7. The molecule has 0 heterocycles. The van der Waals surface area contributed by atoms with Crippen molar-refractivity contribution in [2.45, 2.75) is 24.8 Å². The van der Waals surface area contributed by atoms with E-state index >= 15 is 0 Å². The van der Waals surface area contributed by atoms with Crippen molar-refractivity contribution in [1.29, 1.82) is 0 Å². The quantitative estimate of drug-likeness (QED) is 0.448. The Labute approximate surface area is 185 Å². The molecule has 0 unspecified atom stereocenters. The fourth-order valence-corrected chi connectivity index (χ4v) is 4.01. The molecule has 0 saturated carbocycles. The highest BCUT2D eigenvalue weighted by atomic mass is 16.5. The predicted molar refractivity (Wildman–Crippen MR) is 125 cm³/mol. The summed E-state index contributed by atoms with van der Waals surface area (Å²) in [6.07, 6.45) is 0.631. The molecule has 0 aliphatic carbocycles. The van der Waals surface area contributed by atoms with Crippen molar-refractivity contribution < 1.29 is 14.3 Å². The minimum atomic E-state index is -0.858. The molecule has 4 nitrogen and oxygen atoms in total. The Morgan fingerprint density at radius 2 is 1.29 bits per heavy atom. The normalized spacial score (nSPS) is 12.5. The van der Waals surface area contributed by atoms with Crippen LogP contribution in [0.5, 0.6) is 11.5 Å². The van der Waals surface area contributed by atoms with Crippen molar-refractivity contribution in [2.24, 2.45) is 0 Å². The Hall–Kier alpha value is -3.11. The highest BCUT2D eigenvalue weighted by Crippen LogP contribution is 2.41. The van der Waals surface area contributed by atoms with Crippen LogP contribution in [0.25, 0.3) is 0 Å². The van der Waals surface area contributed by atoms with Crippen LogP contribution < -0.4 is 9.47 Å². The van der Waals surface area contributed by atoms with E-state index < -0.39 is 5.41 Å². The van der Waals surface area contributed by atoms with Crippen LogP contribution in [-0.4, -0.2) is 45.0 Å². The summed E-state index contributed by atoms with van der Waals surface area (Å²) in [5, 5.41) is 0. The van der Waals surface area contributed by atoms with E-state index in [-0.39, 0.29) is 11.8 Å². The van der Waals surface area contributed by atoms with Crippen LogP contribution in [0.1, 0.15) is 34.8 Å². The van der Waals surface area contributed by atoms with Gasteiger partial charge in [-0.1, -0.05) is 60.7 Å². The molecule has 4 heteroatoms. The summed E-state index contributed by atoms with van der Waals surface area (Å²) in [4.78, 5) is 16.6. The van der Waals surface area contributed by atoms with Gasteiger partial charge in [0.1, 0.15) is 11.5 Å². The van der Waals surface area contributed by atoms with Crippen LogP contribution in [0.2, 0.25) is 0 Å². The zero-order chi connectivity index (χ0) is 22.4. The summed E-state index contributed by atoms with van der Waals surface area (Å²) in [7, 11) is 7.28. The topological polar surface area (TPSA) is 38.8 Å². The summed E-state index contributed by atoms with van der Waals surface area (Å²) < 4.78 is 10.9. The van der Waals surface area contributed by atoms with Gasteiger partial charge in [0.05, 0.1) is 19.6 Å². The summed E-state index contributed by atoms with van der Waals surface area (Å²) in [5.74, 6) is 1.22. The van der Waals surface area contributed by atoms with E-state index in [2.05, 4.69) is 11.8 Å². The zero-order valence-corrected chi connectivity index (χ0v) is 19.0. The van der Waals surface area contributed by atoms with Crippen LogP contribution in [-0.2, 0) is 5.41 Å². The standard InChI is InChI=1S/C27H31NO3/c1-20(28(2)3)19-27(22-12-8-6-9-13-22,23-14-10-7-11-15-23)26(29)21-16-24(30-4)18-25(17-21)31-5/h6-18,20H,19H2,1-5H3/t20-/m0/s1. The van der Waals surface area contributed by atoms with E-state index in [1.54, 1.807) is 32.4 Å². The second-order valence-electron chi connectivity index (χ2n) is 8.08. The first-order chi connectivity index (χ1) is 14.9. The highest BCUT2D eigenvalue weighted by molar-refractivity contribution is 6.07. The second-order valence-corrected chi connectivity index (χ2v) is 8.08. The van der Waals surface area contributed by atoms with Crippen molar-refractivity contribution >= 4 is 5.78 Å². The van der Waals surface area contributed by atoms with Crippen molar-refractivity contribution in [2.75, 3.05) is 28.3 Å². The minimum Gasteiger partial charge on any atom is -0.497 e. The number of rotatable bonds is 9. The molecule has 0 aromatic heterocycles. The monoisotopic (exact) mass is 417 g/mol. The molecule has 0 N–H and O–H groups in total. The molecular weight excluding hydrogens is 386 g/mol. The maximum Gasteiger partial charge on any atom is 0.178 e. The molecule has 3 rings (SSSR count). The van der Waals surface area contributed by atoms with E-state index in [0.29, 0.717) is 23.5 Å². The van der Waals surface area contributed by atoms with E-state index in [1.807, 2.05) is 74.8 Å². The van der Waals surface area contributed by atoms with Crippen LogP contribution in [0, 0.1) is 0 Å². The molecular formula is C27H31NO3. The number of hydrogen-bond donors (Lipinski definition) is 0. The molecule has 0 radical (unpaired) electrons. The Kier molecular flexibility index (Phi) is 7.13. The lowest BCUT2D eigenvalue weighted by molar-refractivity contribution is 0.0881. The average molecular weight is 418 g/mol. The fourth-order valence-electron chi connectivity index (χ4n) is 4.01. The van der Waals surface area contributed by atoms with Gasteiger partial charge >= 0.3 is 0 Å². The number of Topliss-reactive ketones (excluding diaryl/α,β-unsaturated/α-hetero) is 1. The lowest BCUT2D eigenvalue weighted by Crippen LogP contribution is -2.43. The molecule has 0 saturated heterocycles. The number of carbonyl (C=O) groups is 1.